The van der Waals surface area contributed by atoms with Crippen LogP contribution in [0.2, 0.25) is 0 Å². The molecule has 0 aliphatic heterocycles. The van der Waals surface area contributed by atoms with Crippen LogP contribution in [0.25, 0.3) is 0 Å². The summed E-state index contributed by atoms with van der Waals surface area (Å²) in [5, 5.41) is 9.50. The van der Waals surface area contributed by atoms with Crippen molar-refractivity contribution in [3.8, 4) is 0 Å². The van der Waals surface area contributed by atoms with Crippen molar-refractivity contribution < 1.29 is 19.4 Å². The number of carbonyl (C=O) groups is 1. The van der Waals surface area contributed by atoms with Crippen molar-refractivity contribution in [1.29, 1.82) is 0 Å². The standard InChI is InChI=1S/C40H70O4/c1-3-5-7-9-11-12-13-14-15-16-17-18-19-20-21-22-23-24-25-26-27-28-29-31-33-35-40(42)44-39(37-41)38-43-36-34-32-30-10-8-6-4-2/h5,7,11-12,14-15,17-18,20-21,39,41H,3-4,6,8-10,13,16,19,22-38H2,1-2H3/b7-5-,12-11-,15-14-,18-17-,21-20-. The van der Waals surface area contributed by atoms with Gasteiger partial charge in [0.15, 0.2) is 0 Å². The van der Waals surface area contributed by atoms with E-state index < -0.39 is 6.10 Å². The van der Waals surface area contributed by atoms with Crippen LogP contribution < -0.4 is 0 Å². The number of unbranched alkanes of at least 4 members (excludes halogenated alkanes) is 15. The number of rotatable bonds is 33. The molecule has 0 aliphatic carbocycles. The summed E-state index contributed by atoms with van der Waals surface area (Å²) in [6, 6.07) is 0. The molecule has 0 spiro atoms. The Morgan fingerprint density at radius 3 is 1.55 bits per heavy atom. The van der Waals surface area contributed by atoms with E-state index in [1.54, 1.807) is 0 Å². The first kappa shape index (κ1) is 42.1. The lowest BCUT2D eigenvalue weighted by Crippen LogP contribution is -2.27. The maximum atomic E-state index is 12.1. The van der Waals surface area contributed by atoms with Crippen LogP contribution in [0, 0.1) is 0 Å². The summed E-state index contributed by atoms with van der Waals surface area (Å²) in [4.78, 5) is 12.1. The van der Waals surface area contributed by atoms with Crippen LogP contribution in [0.15, 0.2) is 60.8 Å². The first-order valence-corrected chi connectivity index (χ1v) is 18.4. The van der Waals surface area contributed by atoms with Gasteiger partial charge in [0.05, 0.1) is 13.2 Å². The molecule has 0 bridgehead atoms. The van der Waals surface area contributed by atoms with E-state index in [4.69, 9.17) is 9.47 Å². The van der Waals surface area contributed by atoms with Gasteiger partial charge in [0, 0.05) is 13.0 Å². The highest BCUT2D eigenvalue weighted by molar-refractivity contribution is 5.69. The highest BCUT2D eigenvalue weighted by atomic mass is 16.6. The molecule has 1 N–H and O–H groups in total. The third-order valence-corrected chi connectivity index (χ3v) is 7.61. The lowest BCUT2D eigenvalue weighted by Gasteiger charge is -2.15. The summed E-state index contributed by atoms with van der Waals surface area (Å²) in [5.74, 6) is -0.212. The maximum Gasteiger partial charge on any atom is 0.306 e. The van der Waals surface area contributed by atoms with Crippen molar-refractivity contribution in [1.82, 2.24) is 0 Å². The summed E-state index contributed by atoms with van der Waals surface area (Å²) in [5.41, 5.74) is 0. The van der Waals surface area contributed by atoms with Crippen molar-refractivity contribution in [3.63, 3.8) is 0 Å². The van der Waals surface area contributed by atoms with Crippen molar-refractivity contribution in [3.05, 3.63) is 60.8 Å². The van der Waals surface area contributed by atoms with Crippen LogP contribution >= 0.6 is 0 Å². The average molecular weight is 615 g/mol. The molecule has 0 amide bonds. The van der Waals surface area contributed by atoms with Gasteiger partial charge in [-0.1, -0.05) is 158 Å². The Morgan fingerprint density at radius 2 is 1.02 bits per heavy atom. The van der Waals surface area contributed by atoms with Gasteiger partial charge < -0.3 is 14.6 Å². The Hall–Kier alpha value is -1.91. The van der Waals surface area contributed by atoms with Gasteiger partial charge in [0.25, 0.3) is 0 Å². The zero-order valence-corrected chi connectivity index (χ0v) is 28.9. The van der Waals surface area contributed by atoms with Gasteiger partial charge in [-0.15, -0.1) is 0 Å². The molecule has 0 fully saturated rings. The number of aliphatic hydroxyl groups is 1. The maximum absolute atomic E-state index is 12.1. The number of hydrogen-bond acceptors (Lipinski definition) is 4. The Kier molecular flexibility index (Phi) is 35.7. The second kappa shape index (κ2) is 37.3. The predicted molar refractivity (Wildman–Crippen MR) is 191 cm³/mol. The van der Waals surface area contributed by atoms with Crippen molar-refractivity contribution in [2.75, 3.05) is 19.8 Å². The smallest absolute Gasteiger partial charge is 0.306 e. The number of hydrogen-bond donors (Lipinski definition) is 1. The zero-order valence-electron chi connectivity index (χ0n) is 28.9. The molecule has 4 nitrogen and oxygen atoms in total. The minimum absolute atomic E-state index is 0.176. The first-order valence-electron chi connectivity index (χ1n) is 18.4. The van der Waals surface area contributed by atoms with E-state index in [2.05, 4.69) is 74.6 Å². The minimum atomic E-state index is -0.534. The summed E-state index contributed by atoms with van der Waals surface area (Å²) >= 11 is 0. The fourth-order valence-electron chi connectivity index (χ4n) is 4.88. The van der Waals surface area contributed by atoms with Gasteiger partial charge in [-0.05, 0) is 57.8 Å². The molecule has 0 aromatic carbocycles. The molecule has 0 saturated carbocycles. The van der Waals surface area contributed by atoms with E-state index in [9.17, 15) is 9.90 Å². The third kappa shape index (κ3) is 34.6. The number of esters is 1. The summed E-state index contributed by atoms with van der Waals surface area (Å²) in [6.07, 6.45) is 48.4. The van der Waals surface area contributed by atoms with E-state index in [0.29, 0.717) is 19.6 Å². The van der Waals surface area contributed by atoms with Gasteiger partial charge in [-0.2, -0.15) is 0 Å². The minimum Gasteiger partial charge on any atom is -0.457 e. The Bertz CT molecular complexity index is 734. The van der Waals surface area contributed by atoms with E-state index in [1.807, 2.05) is 0 Å². The predicted octanol–water partition coefficient (Wildman–Crippen LogP) is 11.7. The molecule has 0 aliphatic rings. The van der Waals surface area contributed by atoms with Gasteiger partial charge >= 0.3 is 5.97 Å². The quantitative estimate of drug-likeness (QED) is 0.0454. The van der Waals surface area contributed by atoms with E-state index >= 15 is 0 Å². The van der Waals surface area contributed by atoms with Gasteiger partial charge in [0.1, 0.15) is 6.10 Å². The van der Waals surface area contributed by atoms with Crippen molar-refractivity contribution >= 4 is 5.97 Å². The molecule has 0 aromatic heterocycles. The molecule has 1 unspecified atom stereocenters. The van der Waals surface area contributed by atoms with E-state index in [1.165, 1.54) is 89.9 Å². The molecule has 0 radical (unpaired) electrons. The van der Waals surface area contributed by atoms with Crippen molar-refractivity contribution in [2.45, 2.75) is 168 Å². The molecular weight excluding hydrogens is 544 g/mol. The molecule has 0 saturated heterocycles. The average Bonchev–Trinajstić information content (AvgIpc) is 3.03. The molecule has 1 atom stereocenters. The number of allylic oxidation sites excluding steroid dienone is 10. The van der Waals surface area contributed by atoms with Crippen LogP contribution in [-0.4, -0.2) is 37.0 Å². The molecule has 0 aromatic rings. The van der Waals surface area contributed by atoms with Crippen LogP contribution in [0.1, 0.15) is 162 Å². The van der Waals surface area contributed by atoms with Crippen LogP contribution in [0.3, 0.4) is 0 Å². The molecule has 0 rings (SSSR count). The number of aliphatic hydroxyl groups excluding tert-OH is 1. The van der Waals surface area contributed by atoms with Crippen LogP contribution in [-0.2, 0) is 14.3 Å². The van der Waals surface area contributed by atoms with Crippen molar-refractivity contribution in [2.24, 2.45) is 0 Å². The SMILES string of the molecule is CC/C=C\C/C=C\C/C=C\C/C=C\C/C=C\CCCCCCCCCCCC(=O)OC(CO)COCCCCCCCCC. The van der Waals surface area contributed by atoms with E-state index in [0.717, 1.165) is 51.4 Å². The fraction of sp³-hybridized carbons (Fsp3) is 0.725. The number of carbonyl (C=O) groups excluding carboxylic acids is 1. The van der Waals surface area contributed by atoms with Gasteiger partial charge in [-0.3, -0.25) is 4.79 Å². The highest BCUT2D eigenvalue weighted by Crippen LogP contribution is 2.13. The van der Waals surface area contributed by atoms with Crippen LogP contribution in [0.4, 0.5) is 0 Å². The lowest BCUT2D eigenvalue weighted by molar-refractivity contribution is -0.154. The number of ether oxygens (including phenoxy) is 2. The monoisotopic (exact) mass is 615 g/mol. The van der Waals surface area contributed by atoms with E-state index in [-0.39, 0.29) is 12.6 Å². The third-order valence-electron chi connectivity index (χ3n) is 7.61. The lowest BCUT2D eigenvalue weighted by atomic mass is 10.1. The molecule has 254 valence electrons. The summed E-state index contributed by atoms with van der Waals surface area (Å²) < 4.78 is 11.0. The summed E-state index contributed by atoms with van der Waals surface area (Å²) in [6.45, 7) is 5.19. The summed E-state index contributed by atoms with van der Waals surface area (Å²) in [7, 11) is 0. The Labute approximate surface area is 273 Å². The molecule has 0 heterocycles. The van der Waals surface area contributed by atoms with Crippen LogP contribution in [0.5, 0.6) is 0 Å². The topological polar surface area (TPSA) is 55.8 Å². The first-order chi connectivity index (χ1) is 21.7. The largest absolute Gasteiger partial charge is 0.457 e. The highest BCUT2D eigenvalue weighted by Gasteiger charge is 2.13. The van der Waals surface area contributed by atoms with Gasteiger partial charge in [-0.25, -0.2) is 0 Å². The normalized spacial score (nSPS) is 13.1. The second-order valence-corrected chi connectivity index (χ2v) is 11.9. The zero-order chi connectivity index (χ0) is 32.0. The van der Waals surface area contributed by atoms with Gasteiger partial charge in [0.2, 0.25) is 0 Å². The Morgan fingerprint density at radius 1 is 0.568 bits per heavy atom. The Balaban J connectivity index is 3.47. The molecule has 44 heavy (non-hydrogen) atoms. The molecule has 4 heteroatoms. The molecular formula is C40H70O4. The fourth-order valence-corrected chi connectivity index (χ4v) is 4.88. The second-order valence-electron chi connectivity index (χ2n) is 11.9.